The normalized spacial score (nSPS) is 11.2. The summed E-state index contributed by atoms with van der Waals surface area (Å²) in [6, 6.07) is 10.1. The zero-order valence-electron chi connectivity index (χ0n) is 14.1. The molecule has 0 radical (unpaired) electrons. The predicted octanol–water partition coefficient (Wildman–Crippen LogP) is 3.78. The molecule has 0 unspecified atom stereocenters. The summed E-state index contributed by atoms with van der Waals surface area (Å²) in [5.74, 6) is 1.11. The topological polar surface area (TPSA) is 64.9 Å². The van der Waals surface area contributed by atoms with E-state index in [1.54, 1.807) is 7.11 Å². The number of rotatable bonds is 7. The van der Waals surface area contributed by atoms with Gasteiger partial charge in [0.25, 0.3) is 0 Å². The first-order valence-corrected chi connectivity index (χ1v) is 8.68. The first-order valence-electron chi connectivity index (χ1n) is 7.91. The van der Waals surface area contributed by atoms with Crippen molar-refractivity contribution in [3.05, 3.63) is 48.0 Å². The zero-order chi connectivity index (χ0) is 16.9. The van der Waals surface area contributed by atoms with Crippen LogP contribution in [0.1, 0.15) is 31.3 Å². The Kier molecular flexibility index (Phi) is 5.22. The Balaban J connectivity index is 1.86. The summed E-state index contributed by atoms with van der Waals surface area (Å²) < 4.78 is 11.4. The molecule has 0 spiro atoms. The lowest BCUT2D eigenvalue weighted by Crippen LogP contribution is -2.05. The highest BCUT2D eigenvalue weighted by Gasteiger charge is 2.17. The first-order chi connectivity index (χ1) is 11.7. The van der Waals surface area contributed by atoms with Crippen LogP contribution in [0, 0.1) is 0 Å². The summed E-state index contributed by atoms with van der Waals surface area (Å²) in [5.41, 5.74) is 3.13. The first kappa shape index (κ1) is 16.6. The van der Waals surface area contributed by atoms with Gasteiger partial charge in [-0.15, -0.1) is 0 Å². The van der Waals surface area contributed by atoms with Gasteiger partial charge in [-0.25, -0.2) is 9.67 Å². The van der Waals surface area contributed by atoms with E-state index >= 15 is 0 Å². The van der Waals surface area contributed by atoms with Crippen LogP contribution in [-0.2, 0) is 11.2 Å². The van der Waals surface area contributed by atoms with Crippen LogP contribution in [0.5, 0.6) is 0 Å². The van der Waals surface area contributed by atoms with E-state index in [1.165, 1.54) is 11.5 Å². The largest absolute Gasteiger partial charge is 0.384 e. The van der Waals surface area contributed by atoms with Crippen molar-refractivity contribution in [2.45, 2.75) is 26.2 Å². The van der Waals surface area contributed by atoms with Crippen LogP contribution in [0.15, 0.2) is 36.5 Å². The molecule has 1 N–H and O–H groups in total. The second kappa shape index (κ2) is 7.55. The Labute approximate surface area is 145 Å². The monoisotopic (exact) mass is 343 g/mol. The lowest BCUT2D eigenvalue weighted by Gasteiger charge is -2.12. The molecule has 0 bridgehead atoms. The van der Waals surface area contributed by atoms with Crippen molar-refractivity contribution in [3.8, 4) is 5.69 Å². The number of nitrogens with zero attached hydrogens (tertiary/aromatic N) is 4. The Morgan fingerprint density at radius 1 is 1.25 bits per heavy atom. The van der Waals surface area contributed by atoms with Crippen LogP contribution in [0.4, 0.5) is 10.8 Å². The lowest BCUT2D eigenvalue weighted by atomic mass is 10.1. The molecule has 2 heterocycles. The van der Waals surface area contributed by atoms with Crippen LogP contribution in [0.2, 0.25) is 0 Å². The Bertz CT molecular complexity index is 781. The number of benzene rings is 1. The van der Waals surface area contributed by atoms with Gasteiger partial charge in [-0.05, 0) is 18.1 Å². The maximum atomic E-state index is 5.07. The summed E-state index contributed by atoms with van der Waals surface area (Å²) in [6.07, 6.45) is 2.56. The van der Waals surface area contributed by atoms with Crippen LogP contribution >= 0.6 is 11.5 Å². The Morgan fingerprint density at radius 2 is 2.04 bits per heavy atom. The quantitative estimate of drug-likeness (QED) is 0.707. The number of nitrogens with one attached hydrogen (secondary N) is 1. The molecule has 0 saturated heterocycles. The van der Waals surface area contributed by atoms with Gasteiger partial charge in [0, 0.05) is 25.1 Å². The summed E-state index contributed by atoms with van der Waals surface area (Å²) in [5, 5.41) is 8.69. The number of ether oxygens (including phenoxy) is 1. The number of para-hydroxylation sites is 1. The zero-order valence-corrected chi connectivity index (χ0v) is 14.9. The lowest BCUT2D eigenvalue weighted by molar-refractivity contribution is 0.201. The number of methoxy groups -OCH3 is 1. The van der Waals surface area contributed by atoms with Crippen LogP contribution in [0.25, 0.3) is 5.69 Å². The van der Waals surface area contributed by atoms with E-state index < -0.39 is 0 Å². The third kappa shape index (κ3) is 3.63. The Morgan fingerprint density at radius 3 is 2.75 bits per heavy atom. The van der Waals surface area contributed by atoms with Gasteiger partial charge in [-0.1, -0.05) is 32.0 Å². The molecule has 0 aliphatic carbocycles. The molecule has 0 aliphatic rings. The second-order valence-corrected chi connectivity index (χ2v) is 6.48. The minimum Gasteiger partial charge on any atom is -0.384 e. The van der Waals surface area contributed by atoms with Gasteiger partial charge in [-0.2, -0.15) is 9.47 Å². The average molecular weight is 343 g/mol. The second-order valence-electron chi connectivity index (χ2n) is 5.73. The molecule has 0 amide bonds. The van der Waals surface area contributed by atoms with Crippen molar-refractivity contribution in [2.24, 2.45) is 0 Å². The van der Waals surface area contributed by atoms with Crippen molar-refractivity contribution in [3.63, 3.8) is 0 Å². The van der Waals surface area contributed by atoms with Gasteiger partial charge in [-0.3, -0.25) is 0 Å². The SMILES string of the molecule is COCCc1nsc(Nc2cnn(-c3ccccc3)c2C(C)C)n1. The van der Waals surface area contributed by atoms with Crippen LogP contribution in [0.3, 0.4) is 0 Å². The minimum absolute atomic E-state index is 0.316. The van der Waals surface area contributed by atoms with E-state index in [2.05, 4.69) is 45.8 Å². The summed E-state index contributed by atoms with van der Waals surface area (Å²) >= 11 is 1.36. The highest BCUT2D eigenvalue weighted by atomic mass is 32.1. The molecule has 7 heteroatoms. The van der Waals surface area contributed by atoms with Gasteiger partial charge >= 0.3 is 0 Å². The van der Waals surface area contributed by atoms with Crippen molar-refractivity contribution >= 4 is 22.4 Å². The van der Waals surface area contributed by atoms with Gasteiger partial charge in [0.15, 0.2) is 0 Å². The molecular formula is C17H21N5OS. The van der Waals surface area contributed by atoms with Crippen LogP contribution in [-0.4, -0.2) is 32.9 Å². The molecule has 0 atom stereocenters. The van der Waals surface area contributed by atoms with Crippen molar-refractivity contribution < 1.29 is 4.74 Å². The highest BCUT2D eigenvalue weighted by molar-refractivity contribution is 7.09. The molecule has 3 aromatic rings. The van der Waals surface area contributed by atoms with Crippen molar-refractivity contribution in [1.29, 1.82) is 0 Å². The fourth-order valence-electron chi connectivity index (χ4n) is 2.50. The molecule has 126 valence electrons. The van der Waals surface area contributed by atoms with E-state index in [0.29, 0.717) is 12.5 Å². The molecule has 2 aromatic heterocycles. The van der Waals surface area contributed by atoms with E-state index in [1.807, 2.05) is 29.1 Å². The van der Waals surface area contributed by atoms with Crippen LogP contribution < -0.4 is 5.32 Å². The molecule has 0 saturated carbocycles. The van der Waals surface area contributed by atoms with Gasteiger partial charge < -0.3 is 10.1 Å². The van der Waals surface area contributed by atoms with Gasteiger partial charge in [0.2, 0.25) is 5.13 Å². The number of aromatic nitrogens is 4. The molecular weight excluding hydrogens is 322 g/mol. The van der Waals surface area contributed by atoms with E-state index in [9.17, 15) is 0 Å². The maximum Gasteiger partial charge on any atom is 0.207 e. The maximum absolute atomic E-state index is 5.07. The summed E-state index contributed by atoms with van der Waals surface area (Å²) in [7, 11) is 1.68. The van der Waals surface area contributed by atoms with Crippen molar-refractivity contribution in [1.82, 2.24) is 19.1 Å². The fourth-order valence-corrected chi connectivity index (χ4v) is 3.13. The number of hydrogen-bond donors (Lipinski definition) is 1. The molecule has 24 heavy (non-hydrogen) atoms. The summed E-state index contributed by atoms with van der Waals surface area (Å²) in [4.78, 5) is 4.50. The summed E-state index contributed by atoms with van der Waals surface area (Å²) in [6.45, 7) is 4.94. The molecule has 6 nitrogen and oxygen atoms in total. The highest BCUT2D eigenvalue weighted by Crippen LogP contribution is 2.29. The predicted molar refractivity (Wildman–Crippen MR) is 96.4 cm³/mol. The standard InChI is InChI=1S/C17H21N5OS/c1-12(2)16-14(11-18-22(16)13-7-5-4-6-8-13)19-17-20-15(21-24-17)9-10-23-3/h4-8,11-12H,9-10H2,1-3H3,(H,19,20,21). The van der Waals surface area contributed by atoms with E-state index in [-0.39, 0.29) is 0 Å². The van der Waals surface area contributed by atoms with E-state index in [0.717, 1.165) is 34.4 Å². The van der Waals surface area contributed by atoms with Crippen molar-refractivity contribution in [2.75, 3.05) is 19.0 Å². The third-order valence-corrected chi connectivity index (χ3v) is 4.26. The van der Waals surface area contributed by atoms with Gasteiger partial charge in [0.1, 0.15) is 5.82 Å². The molecule has 3 rings (SSSR count). The molecule has 0 aliphatic heterocycles. The number of hydrogen-bond acceptors (Lipinski definition) is 6. The van der Waals surface area contributed by atoms with Gasteiger partial charge in [0.05, 0.1) is 29.9 Å². The Hall–Kier alpha value is -2.25. The molecule has 1 aromatic carbocycles. The van der Waals surface area contributed by atoms with E-state index in [4.69, 9.17) is 4.74 Å². The average Bonchev–Trinajstić information content (AvgIpc) is 3.21. The fraction of sp³-hybridized carbons (Fsp3) is 0.353. The third-order valence-electron chi connectivity index (χ3n) is 3.59. The number of anilines is 2. The smallest absolute Gasteiger partial charge is 0.207 e. The minimum atomic E-state index is 0.316. The molecule has 0 fully saturated rings.